The number of carboxylic acid groups (broad SMARTS) is 1. The topological polar surface area (TPSA) is 83.5 Å². The van der Waals surface area contributed by atoms with Gasteiger partial charge in [0.25, 0.3) is 0 Å². The summed E-state index contributed by atoms with van der Waals surface area (Å²) in [6.07, 6.45) is 4.25. The highest BCUT2D eigenvalue weighted by molar-refractivity contribution is 7.89. The summed E-state index contributed by atoms with van der Waals surface area (Å²) < 4.78 is 26.1. The van der Waals surface area contributed by atoms with E-state index < -0.39 is 16.0 Å². The molecule has 1 fully saturated rings. The van der Waals surface area contributed by atoms with Gasteiger partial charge in [0, 0.05) is 12.5 Å². The Morgan fingerprint density at radius 1 is 1.35 bits per heavy atom. The van der Waals surface area contributed by atoms with E-state index in [1.165, 1.54) is 6.42 Å². The van der Waals surface area contributed by atoms with Crippen molar-refractivity contribution in [3.05, 3.63) is 0 Å². The molecule has 100 valence electrons. The summed E-state index contributed by atoms with van der Waals surface area (Å²) in [5.41, 5.74) is 0. The van der Waals surface area contributed by atoms with Gasteiger partial charge < -0.3 is 5.11 Å². The molecule has 0 radical (unpaired) electrons. The standard InChI is InChI=1S/C11H21NO4S/c1-9-5-2-3-6-10(9)12-17(15,16)8-4-7-11(13)14/h9-10,12H,2-8H2,1H3,(H,13,14). The summed E-state index contributed by atoms with van der Waals surface area (Å²) in [6, 6.07) is 0.0265. The minimum atomic E-state index is -3.32. The molecule has 1 aliphatic carbocycles. The van der Waals surface area contributed by atoms with Crippen molar-refractivity contribution in [3.63, 3.8) is 0 Å². The molecule has 0 heterocycles. The van der Waals surface area contributed by atoms with Crippen LogP contribution < -0.4 is 4.72 Å². The van der Waals surface area contributed by atoms with Crippen molar-refractivity contribution in [2.75, 3.05) is 5.75 Å². The molecule has 1 saturated carbocycles. The molecule has 1 aliphatic rings. The first-order valence-electron chi connectivity index (χ1n) is 6.12. The molecule has 2 unspecified atom stereocenters. The zero-order chi connectivity index (χ0) is 12.9. The fraction of sp³-hybridized carbons (Fsp3) is 0.909. The van der Waals surface area contributed by atoms with E-state index in [0.717, 1.165) is 19.3 Å². The van der Waals surface area contributed by atoms with Gasteiger partial charge in [-0.2, -0.15) is 0 Å². The summed E-state index contributed by atoms with van der Waals surface area (Å²) in [6.45, 7) is 2.06. The SMILES string of the molecule is CC1CCCCC1NS(=O)(=O)CCCC(=O)O. The first kappa shape index (κ1) is 14.4. The number of nitrogens with one attached hydrogen (secondary N) is 1. The van der Waals surface area contributed by atoms with Crippen LogP contribution in [0.1, 0.15) is 45.4 Å². The van der Waals surface area contributed by atoms with E-state index in [9.17, 15) is 13.2 Å². The second-order valence-corrected chi connectivity index (χ2v) is 6.68. The highest BCUT2D eigenvalue weighted by atomic mass is 32.2. The molecular formula is C11H21NO4S. The highest BCUT2D eigenvalue weighted by Gasteiger charge is 2.25. The Morgan fingerprint density at radius 2 is 2.00 bits per heavy atom. The van der Waals surface area contributed by atoms with Crippen LogP contribution in [0.2, 0.25) is 0 Å². The molecule has 0 saturated heterocycles. The van der Waals surface area contributed by atoms with Crippen molar-refractivity contribution in [1.29, 1.82) is 0 Å². The van der Waals surface area contributed by atoms with Gasteiger partial charge in [0.1, 0.15) is 0 Å². The van der Waals surface area contributed by atoms with E-state index in [2.05, 4.69) is 11.6 Å². The van der Waals surface area contributed by atoms with Gasteiger partial charge in [-0.1, -0.05) is 19.8 Å². The maximum absolute atomic E-state index is 11.7. The molecule has 0 aromatic rings. The zero-order valence-electron chi connectivity index (χ0n) is 10.2. The van der Waals surface area contributed by atoms with E-state index in [1.54, 1.807) is 0 Å². The Balaban J connectivity index is 2.39. The van der Waals surface area contributed by atoms with Crippen molar-refractivity contribution in [1.82, 2.24) is 4.72 Å². The van der Waals surface area contributed by atoms with Gasteiger partial charge in [-0.3, -0.25) is 4.79 Å². The molecule has 0 bridgehead atoms. The van der Waals surface area contributed by atoms with Crippen LogP contribution in [-0.2, 0) is 14.8 Å². The molecule has 0 aromatic carbocycles. The van der Waals surface area contributed by atoms with Crippen LogP contribution in [0.5, 0.6) is 0 Å². The third-order valence-corrected chi connectivity index (χ3v) is 4.73. The molecule has 1 rings (SSSR count). The maximum atomic E-state index is 11.7. The Bertz CT molecular complexity index is 352. The molecule has 0 spiro atoms. The van der Waals surface area contributed by atoms with Gasteiger partial charge in [-0.05, 0) is 25.2 Å². The first-order chi connectivity index (χ1) is 7.91. The normalized spacial score (nSPS) is 25.7. The molecule has 17 heavy (non-hydrogen) atoms. The van der Waals surface area contributed by atoms with E-state index in [-0.39, 0.29) is 24.6 Å². The monoisotopic (exact) mass is 263 g/mol. The van der Waals surface area contributed by atoms with Crippen LogP contribution in [0.25, 0.3) is 0 Å². The predicted octanol–water partition coefficient (Wildman–Crippen LogP) is 1.35. The molecule has 0 aromatic heterocycles. The minimum Gasteiger partial charge on any atom is -0.481 e. The van der Waals surface area contributed by atoms with E-state index in [4.69, 9.17) is 5.11 Å². The Hall–Kier alpha value is -0.620. The second-order valence-electron chi connectivity index (χ2n) is 4.80. The van der Waals surface area contributed by atoms with Crippen molar-refractivity contribution in [2.24, 2.45) is 5.92 Å². The van der Waals surface area contributed by atoms with Crippen LogP contribution in [0.15, 0.2) is 0 Å². The molecule has 2 N–H and O–H groups in total. The van der Waals surface area contributed by atoms with Gasteiger partial charge in [0.15, 0.2) is 0 Å². The number of carboxylic acids is 1. The lowest BCUT2D eigenvalue weighted by Crippen LogP contribution is -2.42. The fourth-order valence-corrected chi connectivity index (χ4v) is 3.65. The number of sulfonamides is 1. The molecule has 2 atom stereocenters. The molecule has 0 aliphatic heterocycles. The summed E-state index contributed by atoms with van der Waals surface area (Å²) in [7, 11) is -3.32. The van der Waals surface area contributed by atoms with Crippen LogP contribution in [0.3, 0.4) is 0 Å². The lowest BCUT2D eigenvalue weighted by Gasteiger charge is -2.29. The van der Waals surface area contributed by atoms with Crippen molar-refractivity contribution in [2.45, 2.75) is 51.5 Å². The summed E-state index contributed by atoms with van der Waals surface area (Å²) in [5.74, 6) is -0.674. The van der Waals surface area contributed by atoms with Crippen molar-refractivity contribution < 1.29 is 18.3 Å². The fourth-order valence-electron chi connectivity index (χ4n) is 2.19. The smallest absolute Gasteiger partial charge is 0.303 e. The molecule has 6 heteroatoms. The largest absolute Gasteiger partial charge is 0.481 e. The maximum Gasteiger partial charge on any atom is 0.303 e. The summed E-state index contributed by atoms with van der Waals surface area (Å²) in [4.78, 5) is 10.3. The van der Waals surface area contributed by atoms with Gasteiger partial charge in [0.2, 0.25) is 10.0 Å². The molecule has 5 nitrogen and oxygen atoms in total. The van der Waals surface area contributed by atoms with Crippen molar-refractivity contribution >= 4 is 16.0 Å². The quantitative estimate of drug-likeness (QED) is 0.757. The number of hydrogen-bond donors (Lipinski definition) is 2. The number of hydrogen-bond acceptors (Lipinski definition) is 3. The average molecular weight is 263 g/mol. The van der Waals surface area contributed by atoms with Gasteiger partial charge in [-0.15, -0.1) is 0 Å². The van der Waals surface area contributed by atoms with Crippen molar-refractivity contribution in [3.8, 4) is 0 Å². The van der Waals surface area contributed by atoms with Gasteiger partial charge in [0.05, 0.1) is 5.75 Å². The third kappa shape index (κ3) is 5.50. The Kier molecular flexibility index (Phi) is 5.39. The van der Waals surface area contributed by atoms with E-state index in [1.807, 2.05) is 0 Å². The summed E-state index contributed by atoms with van der Waals surface area (Å²) >= 11 is 0. The van der Waals surface area contributed by atoms with Crippen LogP contribution in [-0.4, -0.2) is 31.3 Å². The van der Waals surface area contributed by atoms with E-state index >= 15 is 0 Å². The van der Waals surface area contributed by atoms with Crippen LogP contribution in [0.4, 0.5) is 0 Å². The average Bonchev–Trinajstić information content (AvgIpc) is 2.20. The predicted molar refractivity (Wildman–Crippen MR) is 65.2 cm³/mol. The van der Waals surface area contributed by atoms with Crippen LogP contribution in [0, 0.1) is 5.92 Å². The number of rotatable bonds is 6. The summed E-state index contributed by atoms with van der Waals surface area (Å²) in [5, 5.41) is 8.46. The van der Waals surface area contributed by atoms with Crippen LogP contribution >= 0.6 is 0 Å². The molecule has 0 amide bonds. The van der Waals surface area contributed by atoms with Gasteiger partial charge in [-0.25, -0.2) is 13.1 Å². The molecular weight excluding hydrogens is 242 g/mol. The number of aliphatic carboxylic acids is 1. The van der Waals surface area contributed by atoms with E-state index in [0.29, 0.717) is 5.92 Å². The minimum absolute atomic E-state index is 0.0265. The second kappa shape index (κ2) is 6.35. The lowest BCUT2D eigenvalue weighted by atomic mass is 9.87. The Labute approximate surface area is 103 Å². The Morgan fingerprint density at radius 3 is 2.59 bits per heavy atom. The lowest BCUT2D eigenvalue weighted by molar-refractivity contribution is -0.137. The number of carbonyl (C=O) groups is 1. The highest BCUT2D eigenvalue weighted by Crippen LogP contribution is 2.24. The zero-order valence-corrected chi connectivity index (χ0v) is 11.0. The first-order valence-corrected chi connectivity index (χ1v) is 7.78. The third-order valence-electron chi connectivity index (χ3n) is 3.25. The van der Waals surface area contributed by atoms with Gasteiger partial charge >= 0.3 is 5.97 Å².